The van der Waals surface area contributed by atoms with E-state index in [1.807, 2.05) is 36.4 Å². The Bertz CT molecular complexity index is 982. The number of hydrogen-bond donors (Lipinski definition) is 1. The summed E-state index contributed by atoms with van der Waals surface area (Å²) in [5, 5.41) is 16.8. The quantitative estimate of drug-likeness (QED) is 0.582. The van der Waals surface area contributed by atoms with Gasteiger partial charge in [0.1, 0.15) is 25.0 Å². The van der Waals surface area contributed by atoms with Gasteiger partial charge in [-0.3, -0.25) is 0 Å². The van der Waals surface area contributed by atoms with E-state index in [-0.39, 0.29) is 6.61 Å². The monoisotopic (exact) mass is 345 g/mol. The van der Waals surface area contributed by atoms with Gasteiger partial charge in [0.25, 0.3) is 0 Å². The number of ether oxygens (including phenoxy) is 1. The molecule has 0 bridgehead atoms. The maximum Gasteiger partial charge on any atom is 0.138 e. The molecule has 0 radical (unpaired) electrons. The summed E-state index contributed by atoms with van der Waals surface area (Å²) in [5.74, 6) is 0.714. The first kappa shape index (κ1) is 16.3. The summed E-state index contributed by atoms with van der Waals surface area (Å²) in [4.78, 5) is 3.93. The van der Waals surface area contributed by atoms with Gasteiger partial charge in [0.05, 0.1) is 11.8 Å². The van der Waals surface area contributed by atoms with Gasteiger partial charge in [-0.25, -0.2) is 9.67 Å². The molecule has 4 rings (SSSR count). The fraction of sp³-hybridized carbons (Fsp3) is 0.143. The van der Waals surface area contributed by atoms with E-state index in [9.17, 15) is 5.11 Å². The van der Waals surface area contributed by atoms with Gasteiger partial charge < -0.3 is 9.84 Å². The molecular weight excluding hydrogens is 326 g/mol. The van der Waals surface area contributed by atoms with Gasteiger partial charge in [0, 0.05) is 6.42 Å². The zero-order chi connectivity index (χ0) is 17.8. The third kappa shape index (κ3) is 3.73. The summed E-state index contributed by atoms with van der Waals surface area (Å²) in [6.45, 7) is 0.246. The Hall–Kier alpha value is -3.18. The van der Waals surface area contributed by atoms with E-state index >= 15 is 0 Å². The highest BCUT2D eigenvalue weighted by Crippen LogP contribution is 2.18. The van der Waals surface area contributed by atoms with Crippen LogP contribution in [0.15, 0.2) is 79.4 Å². The van der Waals surface area contributed by atoms with Crippen LogP contribution in [0, 0.1) is 0 Å². The Labute approximate surface area is 151 Å². The maximum atomic E-state index is 10.3. The Morgan fingerprint density at radius 3 is 2.54 bits per heavy atom. The van der Waals surface area contributed by atoms with E-state index in [0.29, 0.717) is 12.2 Å². The minimum absolute atomic E-state index is 0.246. The van der Waals surface area contributed by atoms with Crippen LogP contribution in [0.3, 0.4) is 0 Å². The molecule has 26 heavy (non-hydrogen) atoms. The third-order valence-corrected chi connectivity index (χ3v) is 4.25. The van der Waals surface area contributed by atoms with Gasteiger partial charge in [0.2, 0.25) is 0 Å². The molecule has 0 aliphatic rings. The van der Waals surface area contributed by atoms with Crippen LogP contribution in [-0.4, -0.2) is 32.6 Å². The number of hydrogen-bond acceptors (Lipinski definition) is 4. The summed E-state index contributed by atoms with van der Waals surface area (Å²) in [5.41, 5.74) is 2.01. The summed E-state index contributed by atoms with van der Waals surface area (Å²) in [7, 11) is 0. The smallest absolute Gasteiger partial charge is 0.138 e. The van der Waals surface area contributed by atoms with Crippen LogP contribution >= 0.6 is 0 Å². The molecule has 1 unspecified atom stereocenters. The van der Waals surface area contributed by atoms with Crippen LogP contribution < -0.4 is 4.74 Å². The van der Waals surface area contributed by atoms with E-state index in [0.717, 1.165) is 11.3 Å². The molecule has 0 saturated carbocycles. The molecular formula is C21H19N3O2. The zero-order valence-electron chi connectivity index (χ0n) is 14.2. The number of aromatic nitrogens is 3. The zero-order valence-corrected chi connectivity index (χ0v) is 14.2. The molecule has 0 amide bonds. The SMILES string of the molecule is OC(COc1ccc(-n2cncn2)cc1)Cc1ccc2ccccc2c1. The summed E-state index contributed by atoms with van der Waals surface area (Å²) >= 11 is 0. The third-order valence-electron chi connectivity index (χ3n) is 4.25. The fourth-order valence-corrected chi connectivity index (χ4v) is 2.93. The molecule has 4 aromatic rings. The van der Waals surface area contributed by atoms with Crippen molar-refractivity contribution in [1.82, 2.24) is 14.8 Å². The van der Waals surface area contributed by atoms with Crippen molar-refractivity contribution in [2.75, 3.05) is 6.61 Å². The first-order valence-electron chi connectivity index (χ1n) is 8.51. The molecule has 0 aliphatic carbocycles. The van der Waals surface area contributed by atoms with Crippen molar-refractivity contribution in [3.63, 3.8) is 0 Å². The number of nitrogens with zero attached hydrogens (tertiary/aromatic N) is 3. The topological polar surface area (TPSA) is 60.2 Å². The molecule has 1 aromatic heterocycles. The number of benzene rings is 3. The van der Waals surface area contributed by atoms with Gasteiger partial charge in [-0.1, -0.05) is 42.5 Å². The highest BCUT2D eigenvalue weighted by Gasteiger charge is 2.08. The molecule has 0 aliphatic heterocycles. The van der Waals surface area contributed by atoms with E-state index in [4.69, 9.17) is 4.74 Å². The highest BCUT2D eigenvalue weighted by atomic mass is 16.5. The van der Waals surface area contributed by atoms with E-state index < -0.39 is 6.10 Å². The number of fused-ring (bicyclic) bond motifs is 1. The van der Waals surface area contributed by atoms with E-state index in [1.165, 1.54) is 17.1 Å². The predicted molar refractivity (Wildman–Crippen MR) is 101 cm³/mol. The predicted octanol–water partition coefficient (Wildman–Crippen LogP) is 3.40. The lowest BCUT2D eigenvalue weighted by molar-refractivity contribution is 0.108. The normalized spacial score (nSPS) is 12.2. The van der Waals surface area contributed by atoms with Gasteiger partial charge in [-0.15, -0.1) is 0 Å². The summed E-state index contributed by atoms with van der Waals surface area (Å²) in [6, 6.07) is 22.0. The number of aliphatic hydroxyl groups excluding tert-OH is 1. The van der Waals surface area contributed by atoms with Crippen LogP contribution in [0.5, 0.6) is 5.75 Å². The lowest BCUT2D eigenvalue weighted by Gasteiger charge is -2.13. The Kier molecular flexibility index (Phi) is 4.62. The van der Waals surface area contributed by atoms with Gasteiger partial charge in [-0.05, 0) is 40.6 Å². The van der Waals surface area contributed by atoms with Crippen molar-refractivity contribution < 1.29 is 9.84 Å². The van der Waals surface area contributed by atoms with Gasteiger partial charge in [0.15, 0.2) is 0 Å². The lowest BCUT2D eigenvalue weighted by atomic mass is 10.0. The largest absolute Gasteiger partial charge is 0.491 e. The number of aliphatic hydroxyl groups is 1. The minimum Gasteiger partial charge on any atom is -0.491 e. The van der Waals surface area contributed by atoms with Crippen LogP contribution in [-0.2, 0) is 6.42 Å². The van der Waals surface area contributed by atoms with E-state index in [2.05, 4.69) is 40.4 Å². The molecule has 1 heterocycles. The molecule has 3 aromatic carbocycles. The minimum atomic E-state index is -0.564. The Balaban J connectivity index is 1.35. The highest BCUT2D eigenvalue weighted by molar-refractivity contribution is 5.82. The molecule has 5 heteroatoms. The molecule has 130 valence electrons. The van der Waals surface area contributed by atoms with Crippen molar-refractivity contribution in [2.24, 2.45) is 0 Å². The average molecular weight is 345 g/mol. The standard InChI is InChI=1S/C21H19N3O2/c25-20(12-16-5-6-17-3-1-2-4-18(17)11-16)13-26-21-9-7-19(8-10-21)24-15-22-14-23-24/h1-11,14-15,20,25H,12-13H2. The maximum absolute atomic E-state index is 10.3. The van der Waals surface area contributed by atoms with Crippen LogP contribution in [0.4, 0.5) is 0 Å². The molecule has 5 nitrogen and oxygen atoms in total. The van der Waals surface area contributed by atoms with Gasteiger partial charge >= 0.3 is 0 Å². The first-order valence-corrected chi connectivity index (χ1v) is 8.51. The lowest BCUT2D eigenvalue weighted by Crippen LogP contribution is -2.20. The van der Waals surface area contributed by atoms with Gasteiger partial charge in [-0.2, -0.15) is 5.10 Å². The summed E-state index contributed by atoms with van der Waals surface area (Å²) < 4.78 is 7.38. The second-order valence-corrected chi connectivity index (χ2v) is 6.18. The van der Waals surface area contributed by atoms with Crippen molar-refractivity contribution in [3.8, 4) is 11.4 Å². The second-order valence-electron chi connectivity index (χ2n) is 6.18. The second kappa shape index (κ2) is 7.37. The number of rotatable bonds is 6. The van der Waals surface area contributed by atoms with Crippen molar-refractivity contribution in [3.05, 3.63) is 84.9 Å². The first-order chi connectivity index (χ1) is 12.8. The van der Waals surface area contributed by atoms with Crippen molar-refractivity contribution in [1.29, 1.82) is 0 Å². The average Bonchev–Trinajstić information content (AvgIpc) is 3.21. The summed E-state index contributed by atoms with van der Waals surface area (Å²) in [6.07, 6.45) is 3.13. The van der Waals surface area contributed by atoms with Crippen LogP contribution in [0.2, 0.25) is 0 Å². The molecule has 1 atom stereocenters. The molecule has 1 N–H and O–H groups in total. The van der Waals surface area contributed by atoms with Crippen molar-refractivity contribution in [2.45, 2.75) is 12.5 Å². The molecule has 0 fully saturated rings. The Morgan fingerprint density at radius 1 is 0.962 bits per heavy atom. The van der Waals surface area contributed by atoms with E-state index in [1.54, 1.807) is 11.0 Å². The van der Waals surface area contributed by atoms with Crippen LogP contribution in [0.1, 0.15) is 5.56 Å². The fourth-order valence-electron chi connectivity index (χ4n) is 2.93. The van der Waals surface area contributed by atoms with Crippen molar-refractivity contribution >= 4 is 10.8 Å². The molecule has 0 saturated heterocycles. The van der Waals surface area contributed by atoms with Crippen LogP contribution in [0.25, 0.3) is 16.5 Å². The Morgan fingerprint density at radius 2 is 1.77 bits per heavy atom. The molecule has 0 spiro atoms.